The van der Waals surface area contributed by atoms with Crippen LogP contribution in [0.2, 0.25) is 0 Å². The minimum atomic E-state index is 0.246. The Kier molecular flexibility index (Phi) is 5.28. The SMILES string of the molecule is CCOc1nc(NN)nc(NCC(C)c2ccccc2)n1. The van der Waals surface area contributed by atoms with Crippen LogP contribution in [0.4, 0.5) is 11.9 Å². The van der Waals surface area contributed by atoms with Crippen LogP contribution in [0.5, 0.6) is 6.01 Å². The lowest BCUT2D eigenvalue weighted by Crippen LogP contribution is -2.16. The van der Waals surface area contributed by atoms with E-state index in [0.717, 1.165) is 0 Å². The molecule has 21 heavy (non-hydrogen) atoms. The number of ether oxygens (including phenoxy) is 1. The minimum absolute atomic E-state index is 0.246. The molecular formula is C14H20N6O. The normalized spacial score (nSPS) is 11.8. The Hall–Kier alpha value is -2.41. The number of rotatable bonds is 7. The molecule has 0 aliphatic carbocycles. The standard InChI is InChI=1S/C14H20N6O/c1-3-21-14-18-12(17-13(19-14)20-15)16-9-10(2)11-7-5-4-6-8-11/h4-8,10H,3,9,15H2,1-2H3,(H2,16,17,18,19,20). The molecule has 0 aliphatic rings. The first-order valence-corrected chi connectivity index (χ1v) is 6.87. The maximum Gasteiger partial charge on any atom is 0.323 e. The minimum Gasteiger partial charge on any atom is -0.464 e. The summed E-state index contributed by atoms with van der Waals surface area (Å²) in [6, 6.07) is 10.5. The molecule has 1 atom stereocenters. The lowest BCUT2D eigenvalue weighted by molar-refractivity contribution is 0.312. The highest BCUT2D eigenvalue weighted by Crippen LogP contribution is 2.16. The molecule has 2 rings (SSSR count). The number of anilines is 2. The highest BCUT2D eigenvalue weighted by Gasteiger charge is 2.09. The lowest BCUT2D eigenvalue weighted by Gasteiger charge is -2.13. The molecule has 0 saturated heterocycles. The van der Waals surface area contributed by atoms with E-state index in [9.17, 15) is 0 Å². The van der Waals surface area contributed by atoms with Crippen LogP contribution in [0, 0.1) is 0 Å². The molecule has 1 aromatic heterocycles. The van der Waals surface area contributed by atoms with Gasteiger partial charge in [-0.2, -0.15) is 15.0 Å². The summed E-state index contributed by atoms with van der Waals surface area (Å²) in [5.41, 5.74) is 3.65. The van der Waals surface area contributed by atoms with E-state index >= 15 is 0 Å². The van der Waals surface area contributed by atoms with Gasteiger partial charge in [0.05, 0.1) is 6.61 Å². The fourth-order valence-corrected chi connectivity index (χ4v) is 1.84. The molecule has 1 aromatic carbocycles. The molecule has 112 valence electrons. The predicted molar refractivity (Wildman–Crippen MR) is 82.2 cm³/mol. The van der Waals surface area contributed by atoms with Crippen molar-refractivity contribution in [3.05, 3.63) is 35.9 Å². The molecule has 7 heteroatoms. The average Bonchev–Trinajstić information content (AvgIpc) is 2.53. The van der Waals surface area contributed by atoms with Crippen molar-refractivity contribution in [2.45, 2.75) is 19.8 Å². The van der Waals surface area contributed by atoms with Gasteiger partial charge in [-0.05, 0) is 18.4 Å². The van der Waals surface area contributed by atoms with E-state index in [1.807, 2.05) is 25.1 Å². The second kappa shape index (κ2) is 7.39. The summed E-state index contributed by atoms with van der Waals surface area (Å²) >= 11 is 0. The van der Waals surface area contributed by atoms with Crippen LogP contribution >= 0.6 is 0 Å². The third-order valence-corrected chi connectivity index (χ3v) is 2.95. The highest BCUT2D eigenvalue weighted by molar-refractivity contribution is 5.35. The van der Waals surface area contributed by atoms with Gasteiger partial charge in [-0.1, -0.05) is 37.3 Å². The van der Waals surface area contributed by atoms with Crippen molar-refractivity contribution in [2.24, 2.45) is 5.84 Å². The fourth-order valence-electron chi connectivity index (χ4n) is 1.84. The Balaban J connectivity index is 2.03. The average molecular weight is 288 g/mol. The van der Waals surface area contributed by atoms with E-state index in [1.54, 1.807) is 0 Å². The maximum atomic E-state index is 5.34. The number of hydrogen-bond acceptors (Lipinski definition) is 7. The van der Waals surface area contributed by atoms with E-state index in [4.69, 9.17) is 10.6 Å². The van der Waals surface area contributed by atoms with Crippen molar-refractivity contribution in [3.8, 4) is 6.01 Å². The van der Waals surface area contributed by atoms with Crippen LogP contribution in [0.15, 0.2) is 30.3 Å². The Morgan fingerprint density at radius 3 is 2.52 bits per heavy atom. The van der Waals surface area contributed by atoms with Crippen LogP contribution in [0.25, 0.3) is 0 Å². The number of nitrogen functional groups attached to an aromatic ring is 1. The Labute approximate surface area is 123 Å². The molecule has 0 saturated carbocycles. The quantitative estimate of drug-likeness (QED) is 0.527. The van der Waals surface area contributed by atoms with E-state index < -0.39 is 0 Å². The summed E-state index contributed by atoms with van der Waals surface area (Å²) in [6.07, 6.45) is 0. The van der Waals surface area contributed by atoms with Crippen molar-refractivity contribution in [2.75, 3.05) is 23.9 Å². The molecule has 4 N–H and O–H groups in total. The Morgan fingerprint density at radius 2 is 1.86 bits per heavy atom. The molecule has 1 unspecified atom stereocenters. The number of aromatic nitrogens is 3. The van der Waals surface area contributed by atoms with E-state index in [-0.39, 0.29) is 12.0 Å². The van der Waals surface area contributed by atoms with Gasteiger partial charge in [0.2, 0.25) is 11.9 Å². The van der Waals surface area contributed by atoms with Crippen LogP contribution < -0.4 is 21.3 Å². The van der Waals surface area contributed by atoms with E-state index in [0.29, 0.717) is 25.0 Å². The predicted octanol–water partition coefficient (Wildman–Crippen LogP) is 1.77. The lowest BCUT2D eigenvalue weighted by atomic mass is 10.0. The maximum absolute atomic E-state index is 5.34. The zero-order valence-corrected chi connectivity index (χ0v) is 12.2. The van der Waals surface area contributed by atoms with Gasteiger partial charge in [0.15, 0.2) is 0 Å². The topological polar surface area (TPSA) is 98.0 Å². The van der Waals surface area contributed by atoms with Gasteiger partial charge < -0.3 is 10.1 Å². The first-order valence-electron chi connectivity index (χ1n) is 6.87. The second-order valence-electron chi connectivity index (χ2n) is 4.54. The first-order chi connectivity index (χ1) is 10.2. The van der Waals surface area contributed by atoms with Crippen molar-refractivity contribution < 1.29 is 4.74 Å². The van der Waals surface area contributed by atoms with Crippen LogP contribution in [-0.2, 0) is 0 Å². The second-order valence-corrected chi connectivity index (χ2v) is 4.54. The first kappa shape index (κ1) is 15.0. The van der Waals surface area contributed by atoms with E-state index in [1.165, 1.54) is 5.56 Å². The van der Waals surface area contributed by atoms with Crippen molar-refractivity contribution >= 4 is 11.9 Å². The molecule has 0 aliphatic heterocycles. The van der Waals surface area contributed by atoms with Crippen LogP contribution in [-0.4, -0.2) is 28.1 Å². The molecule has 7 nitrogen and oxygen atoms in total. The van der Waals surface area contributed by atoms with Gasteiger partial charge in [-0.25, -0.2) is 5.84 Å². The Bertz CT molecular complexity index is 563. The number of hydrogen-bond donors (Lipinski definition) is 3. The number of benzene rings is 1. The fraction of sp³-hybridized carbons (Fsp3) is 0.357. The van der Waals surface area contributed by atoms with Crippen molar-refractivity contribution in [3.63, 3.8) is 0 Å². The molecular weight excluding hydrogens is 268 g/mol. The zero-order valence-electron chi connectivity index (χ0n) is 12.2. The van der Waals surface area contributed by atoms with Crippen molar-refractivity contribution in [1.82, 2.24) is 15.0 Å². The molecule has 0 fully saturated rings. The zero-order chi connectivity index (χ0) is 15.1. The van der Waals surface area contributed by atoms with Gasteiger partial charge in [0.1, 0.15) is 0 Å². The molecule has 2 aromatic rings. The number of nitrogens with one attached hydrogen (secondary N) is 2. The smallest absolute Gasteiger partial charge is 0.323 e. The molecule has 1 heterocycles. The number of nitrogens with two attached hydrogens (primary N) is 1. The molecule has 0 radical (unpaired) electrons. The van der Waals surface area contributed by atoms with Gasteiger partial charge in [0.25, 0.3) is 0 Å². The van der Waals surface area contributed by atoms with Crippen molar-refractivity contribution in [1.29, 1.82) is 0 Å². The highest BCUT2D eigenvalue weighted by atomic mass is 16.5. The Morgan fingerprint density at radius 1 is 1.14 bits per heavy atom. The van der Waals surface area contributed by atoms with Gasteiger partial charge in [0, 0.05) is 6.54 Å². The largest absolute Gasteiger partial charge is 0.464 e. The molecule has 0 amide bonds. The summed E-state index contributed by atoms with van der Waals surface area (Å²) in [7, 11) is 0. The van der Waals surface area contributed by atoms with Gasteiger partial charge >= 0.3 is 6.01 Å². The molecule has 0 bridgehead atoms. The summed E-state index contributed by atoms with van der Waals surface area (Å²) in [5.74, 6) is 6.37. The van der Waals surface area contributed by atoms with Gasteiger partial charge in [-0.3, -0.25) is 5.43 Å². The monoisotopic (exact) mass is 288 g/mol. The summed E-state index contributed by atoms with van der Waals surface area (Å²) in [5, 5.41) is 3.18. The van der Waals surface area contributed by atoms with Gasteiger partial charge in [-0.15, -0.1) is 0 Å². The molecule has 0 spiro atoms. The number of nitrogens with zero attached hydrogens (tertiary/aromatic N) is 3. The summed E-state index contributed by atoms with van der Waals surface area (Å²) in [6.45, 7) is 5.18. The summed E-state index contributed by atoms with van der Waals surface area (Å²) < 4.78 is 5.28. The third-order valence-electron chi connectivity index (χ3n) is 2.95. The third kappa shape index (κ3) is 4.28. The van der Waals surface area contributed by atoms with E-state index in [2.05, 4.69) is 44.8 Å². The summed E-state index contributed by atoms with van der Waals surface area (Å²) in [4.78, 5) is 12.3. The van der Waals surface area contributed by atoms with Crippen LogP contribution in [0.3, 0.4) is 0 Å². The van der Waals surface area contributed by atoms with Crippen LogP contribution in [0.1, 0.15) is 25.3 Å². The number of hydrazine groups is 1.